The maximum Gasteiger partial charge on any atom is 0.354 e. The summed E-state index contributed by atoms with van der Waals surface area (Å²) in [5.74, 6) is -2.15. The van der Waals surface area contributed by atoms with Gasteiger partial charge in [0.2, 0.25) is 0 Å². The number of benzene rings is 1. The van der Waals surface area contributed by atoms with Crippen LogP contribution in [0.4, 0.5) is 0 Å². The number of rotatable bonds is 3. The number of carboxylic acids is 2. The van der Waals surface area contributed by atoms with Gasteiger partial charge in [-0.25, -0.2) is 14.6 Å². The first kappa shape index (κ1) is 11.8. The molecule has 2 aromatic rings. The van der Waals surface area contributed by atoms with Crippen molar-refractivity contribution in [3.8, 4) is 11.1 Å². The molecule has 18 heavy (non-hydrogen) atoms. The molecule has 1 aromatic heterocycles. The largest absolute Gasteiger partial charge is 0.478 e. The van der Waals surface area contributed by atoms with E-state index in [0.29, 0.717) is 11.1 Å². The molecule has 0 aliphatic rings. The second-order valence-electron chi connectivity index (χ2n) is 3.59. The number of aromatic carboxylic acids is 2. The smallest absolute Gasteiger partial charge is 0.354 e. The second kappa shape index (κ2) is 4.67. The lowest BCUT2D eigenvalue weighted by atomic mass is 10.0. The molecule has 5 nitrogen and oxygen atoms in total. The summed E-state index contributed by atoms with van der Waals surface area (Å²) in [6.07, 6.45) is 1.35. The molecular weight excluding hydrogens is 234 g/mol. The molecular formula is C13H9NO4. The third kappa shape index (κ3) is 2.20. The molecule has 5 heteroatoms. The van der Waals surface area contributed by atoms with Gasteiger partial charge >= 0.3 is 11.9 Å². The molecule has 0 amide bonds. The van der Waals surface area contributed by atoms with Crippen molar-refractivity contribution < 1.29 is 19.8 Å². The fraction of sp³-hybridized carbons (Fsp3) is 0. The molecule has 2 rings (SSSR count). The summed E-state index contributed by atoms with van der Waals surface area (Å²) in [4.78, 5) is 25.5. The number of hydrogen-bond donors (Lipinski definition) is 2. The highest BCUT2D eigenvalue weighted by Crippen LogP contribution is 2.23. The average Bonchev–Trinajstić information content (AvgIpc) is 2.39. The van der Waals surface area contributed by atoms with E-state index in [1.807, 2.05) is 0 Å². The van der Waals surface area contributed by atoms with Gasteiger partial charge in [0.05, 0.1) is 5.56 Å². The first-order valence-corrected chi connectivity index (χ1v) is 5.11. The Bertz CT molecular complexity index is 605. The Kier molecular flexibility index (Phi) is 3.05. The molecule has 1 aromatic carbocycles. The van der Waals surface area contributed by atoms with Crippen molar-refractivity contribution in [3.05, 3.63) is 53.9 Å². The van der Waals surface area contributed by atoms with Crippen molar-refractivity contribution in [1.82, 2.24) is 4.98 Å². The standard InChI is InChI=1S/C13H9NO4/c15-12(16)10-4-2-1-3-9(10)8-5-6-11(13(17)18)14-7-8/h1-7H,(H,15,16)(H,17,18). The molecule has 0 atom stereocenters. The fourth-order valence-electron chi connectivity index (χ4n) is 1.60. The topological polar surface area (TPSA) is 87.5 Å². The summed E-state index contributed by atoms with van der Waals surface area (Å²) >= 11 is 0. The van der Waals surface area contributed by atoms with E-state index in [4.69, 9.17) is 10.2 Å². The number of aromatic nitrogens is 1. The number of carboxylic acid groups (broad SMARTS) is 2. The quantitative estimate of drug-likeness (QED) is 0.862. The fourth-order valence-corrected chi connectivity index (χ4v) is 1.60. The molecule has 0 bridgehead atoms. The summed E-state index contributed by atoms with van der Waals surface area (Å²) in [5.41, 5.74) is 1.15. The molecule has 0 aliphatic carbocycles. The maximum absolute atomic E-state index is 11.1. The van der Waals surface area contributed by atoms with E-state index in [0.717, 1.165) is 0 Å². The van der Waals surface area contributed by atoms with Gasteiger partial charge in [-0.3, -0.25) is 0 Å². The Hall–Kier alpha value is -2.69. The van der Waals surface area contributed by atoms with Crippen LogP contribution in [0, 0.1) is 0 Å². The molecule has 0 aliphatic heterocycles. The highest BCUT2D eigenvalue weighted by molar-refractivity contribution is 5.96. The van der Waals surface area contributed by atoms with Crippen LogP contribution in [0.3, 0.4) is 0 Å². The van der Waals surface area contributed by atoms with E-state index in [1.54, 1.807) is 18.2 Å². The summed E-state index contributed by atoms with van der Waals surface area (Å²) in [6.45, 7) is 0. The van der Waals surface area contributed by atoms with E-state index in [1.165, 1.54) is 24.4 Å². The molecule has 0 radical (unpaired) electrons. The monoisotopic (exact) mass is 243 g/mol. The number of hydrogen-bond acceptors (Lipinski definition) is 3. The van der Waals surface area contributed by atoms with Gasteiger partial charge in [-0.2, -0.15) is 0 Å². The zero-order valence-corrected chi connectivity index (χ0v) is 9.20. The summed E-state index contributed by atoms with van der Waals surface area (Å²) < 4.78 is 0. The summed E-state index contributed by atoms with van der Waals surface area (Å²) in [6, 6.07) is 9.37. The van der Waals surface area contributed by atoms with Gasteiger partial charge < -0.3 is 10.2 Å². The van der Waals surface area contributed by atoms with Gasteiger partial charge in [0.1, 0.15) is 5.69 Å². The minimum Gasteiger partial charge on any atom is -0.478 e. The lowest BCUT2D eigenvalue weighted by Gasteiger charge is -2.05. The van der Waals surface area contributed by atoms with Crippen LogP contribution in [0.25, 0.3) is 11.1 Å². The summed E-state index contributed by atoms with van der Waals surface area (Å²) in [5, 5.41) is 17.8. The molecule has 0 saturated heterocycles. The van der Waals surface area contributed by atoms with Crippen molar-refractivity contribution in [2.45, 2.75) is 0 Å². The Morgan fingerprint density at radius 1 is 0.944 bits per heavy atom. The third-order valence-corrected chi connectivity index (χ3v) is 2.45. The highest BCUT2D eigenvalue weighted by Gasteiger charge is 2.11. The Labute approximate surface area is 102 Å². The van der Waals surface area contributed by atoms with Crippen LogP contribution >= 0.6 is 0 Å². The molecule has 1 heterocycles. The summed E-state index contributed by atoms with van der Waals surface area (Å²) in [7, 11) is 0. The number of pyridine rings is 1. The minimum absolute atomic E-state index is 0.0773. The highest BCUT2D eigenvalue weighted by atomic mass is 16.4. The van der Waals surface area contributed by atoms with Crippen LogP contribution in [0.2, 0.25) is 0 Å². The SMILES string of the molecule is O=C(O)c1ccc(-c2ccccc2C(=O)O)cn1. The lowest BCUT2D eigenvalue weighted by Crippen LogP contribution is -2.01. The van der Waals surface area contributed by atoms with Crippen molar-refractivity contribution in [1.29, 1.82) is 0 Å². The molecule has 0 saturated carbocycles. The Morgan fingerprint density at radius 2 is 1.67 bits per heavy atom. The van der Waals surface area contributed by atoms with Gasteiger partial charge in [0.15, 0.2) is 0 Å². The van der Waals surface area contributed by atoms with Crippen LogP contribution < -0.4 is 0 Å². The first-order chi connectivity index (χ1) is 8.59. The lowest BCUT2D eigenvalue weighted by molar-refractivity contribution is 0.0682. The molecule has 0 fully saturated rings. The van der Waals surface area contributed by atoms with E-state index in [-0.39, 0.29) is 11.3 Å². The number of carbonyl (C=O) groups is 2. The van der Waals surface area contributed by atoms with Gasteiger partial charge in [-0.15, -0.1) is 0 Å². The maximum atomic E-state index is 11.1. The van der Waals surface area contributed by atoms with E-state index in [2.05, 4.69) is 4.98 Å². The zero-order valence-electron chi connectivity index (χ0n) is 9.20. The van der Waals surface area contributed by atoms with E-state index >= 15 is 0 Å². The van der Waals surface area contributed by atoms with Crippen LogP contribution in [0.1, 0.15) is 20.8 Å². The van der Waals surface area contributed by atoms with Crippen LogP contribution in [0.15, 0.2) is 42.6 Å². The second-order valence-corrected chi connectivity index (χ2v) is 3.59. The van der Waals surface area contributed by atoms with Gasteiger partial charge in [0.25, 0.3) is 0 Å². The first-order valence-electron chi connectivity index (χ1n) is 5.11. The van der Waals surface area contributed by atoms with Crippen molar-refractivity contribution in [2.24, 2.45) is 0 Å². The van der Waals surface area contributed by atoms with Gasteiger partial charge in [0, 0.05) is 11.8 Å². The molecule has 0 unspecified atom stereocenters. The van der Waals surface area contributed by atoms with Crippen LogP contribution in [-0.2, 0) is 0 Å². The molecule has 0 spiro atoms. The van der Waals surface area contributed by atoms with Gasteiger partial charge in [-0.05, 0) is 17.7 Å². The average molecular weight is 243 g/mol. The van der Waals surface area contributed by atoms with Crippen LogP contribution in [0.5, 0.6) is 0 Å². The third-order valence-electron chi connectivity index (χ3n) is 2.45. The van der Waals surface area contributed by atoms with Crippen molar-refractivity contribution in [2.75, 3.05) is 0 Å². The normalized spacial score (nSPS) is 10.0. The van der Waals surface area contributed by atoms with Crippen molar-refractivity contribution in [3.63, 3.8) is 0 Å². The van der Waals surface area contributed by atoms with E-state index < -0.39 is 11.9 Å². The van der Waals surface area contributed by atoms with Crippen LogP contribution in [-0.4, -0.2) is 27.1 Å². The molecule has 90 valence electrons. The van der Waals surface area contributed by atoms with Crippen molar-refractivity contribution >= 4 is 11.9 Å². The number of nitrogens with zero attached hydrogens (tertiary/aromatic N) is 1. The van der Waals surface area contributed by atoms with E-state index in [9.17, 15) is 9.59 Å². The zero-order chi connectivity index (χ0) is 13.1. The Morgan fingerprint density at radius 3 is 2.22 bits per heavy atom. The predicted octanol–water partition coefficient (Wildman–Crippen LogP) is 2.14. The van der Waals surface area contributed by atoms with Gasteiger partial charge in [-0.1, -0.05) is 24.3 Å². The Balaban J connectivity index is 2.49. The predicted molar refractivity (Wildman–Crippen MR) is 63.6 cm³/mol. The molecule has 2 N–H and O–H groups in total. The minimum atomic E-state index is -1.12.